The zero-order chi connectivity index (χ0) is 10.7. The van der Waals surface area contributed by atoms with Crippen molar-refractivity contribution in [1.82, 2.24) is 15.0 Å². The van der Waals surface area contributed by atoms with Crippen LogP contribution in [0.25, 0.3) is 11.5 Å². The summed E-state index contributed by atoms with van der Waals surface area (Å²) < 4.78 is 0.873. The second kappa shape index (κ2) is 4.49. The summed E-state index contributed by atoms with van der Waals surface area (Å²) in [6, 6.07) is 5.90. The lowest BCUT2D eigenvalue weighted by Gasteiger charge is -2.01. The predicted octanol–water partition coefficient (Wildman–Crippen LogP) is 2.86. The van der Waals surface area contributed by atoms with Crippen LogP contribution in [0, 0.1) is 0 Å². The van der Waals surface area contributed by atoms with E-state index in [0.29, 0.717) is 5.82 Å². The molecule has 0 saturated carbocycles. The number of rotatable bonds is 2. The maximum atomic E-state index is 4.45. The Balaban J connectivity index is 2.40. The van der Waals surface area contributed by atoms with Crippen LogP contribution in [0.5, 0.6) is 0 Å². The van der Waals surface area contributed by atoms with Gasteiger partial charge in [0.2, 0.25) is 0 Å². The molecule has 0 aliphatic rings. The highest BCUT2D eigenvalue weighted by molar-refractivity contribution is 9.10. The number of halogens is 1. The highest BCUT2D eigenvalue weighted by Crippen LogP contribution is 2.14. The molecular formula is C11H10BrN3. The van der Waals surface area contributed by atoms with E-state index in [4.69, 9.17) is 0 Å². The normalized spacial score (nSPS) is 10.3. The number of nitrogens with zero attached hydrogens (tertiary/aromatic N) is 3. The monoisotopic (exact) mass is 263 g/mol. The SMILES string of the molecule is CCc1cccc(-c2ncc(Br)cn2)n1. The van der Waals surface area contributed by atoms with Gasteiger partial charge in [0, 0.05) is 18.1 Å². The molecule has 0 fully saturated rings. The minimum atomic E-state index is 0.661. The predicted molar refractivity (Wildman–Crippen MR) is 62.3 cm³/mol. The van der Waals surface area contributed by atoms with E-state index in [-0.39, 0.29) is 0 Å². The molecule has 2 aromatic heterocycles. The van der Waals surface area contributed by atoms with E-state index in [1.54, 1.807) is 12.4 Å². The topological polar surface area (TPSA) is 38.7 Å². The van der Waals surface area contributed by atoms with Gasteiger partial charge in [0.05, 0.1) is 4.47 Å². The molecule has 15 heavy (non-hydrogen) atoms. The summed E-state index contributed by atoms with van der Waals surface area (Å²) in [4.78, 5) is 12.9. The molecule has 0 saturated heterocycles. The largest absolute Gasteiger partial charge is 0.250 e. The summed E-state index contributed by atoms with van der Waals surface area (Å²) >= 11 is 3.30. The van der Waals surface area contributed by atoms with E-state index in [2.05, 4.69) is 37.8 Å². The molecule has 0 radical (unpaired) electrons. The zero-order valence-corrected chi connectivity index (χ0v) is 9.90. The van der Waals surface area contributed by atoms with Gasteiger partial charge in [0.1, 0.15) is 5.69 Å². The summed E-state index contributed by atoms with van der Waals surface area (Å²) in [5.41, 5.74) is 1.88. The highest BCUT2D eigenvalue weighted by atomic mass is 79.9. The van der Waals surface area contributed by atoms with Crippen LogP contribution in [0.3, 0.4) is 0 Å². The fourth-order valence-corrected chi connectivity index (χ4v) is 1.45. The van der Waals surface area contributed by atoms with E-state index in [1.807, 2.05) is 18.2 Å². The smallest absolute Gasteiger partial charge is 0.178 e. The average Bonchev–Trinajstić information content (AvgIpc) is 2.30. The van der Waals surface area contributed by atoms with Gasteiger partial charge < -0.3 is 0 Å². The van der Waals surface area contributed by atoms with Gasteiger partial charge in [0.15, 0.2) is 5.82 Å². The number of aryl methyl sites for hydroxylation is 1. The number of aromatic nitrogens is 3. The van der Waals surface area contributed by atoms with Gasteiger partial charge in [-0.2, -0.15) is 0 Å². The molecule has 2 heterocycles. The quantitative estimate of drug-likeness (QED) is 0.837. The Kier molecular flexibility index (Phi) is 3.06. The lowest BCUT2D eigenvalue weighted by molar-refractivity contribution is 1.02. The lowest BCUT2D eigenvalue weighted by atomic mass is 10.2. The molecule has 0 N–H and O–H groups in total. The summed E-state index contributed by atoms with van der Waals surface area (Å²) in [5.74, 6) is 0.661. The molecule has 0 aromatic carbocycles. The Hall–Kier alpha value is -1.29. The summed E-state index contributed by atoms with van der Waals surface area (Å²) in [6.07, 6.45) is 4.37. The zero-order valence-electron chi connectivity index (χ0n) is 8.31. The Labute approximate surface area is 96.7 Å². The third-order valence-electron chi connectivity index (χ3n) is 2.02. The van der Waals surface area contributed by atoms with E-state index >= 15 is 0 Å². The van der Waals surface area contributed by atoms with Crippen LogP contribution in [0.15, 0.2) is 35.1 Å². The summed E-state index contributed by atoms with van der Waals surface area (Å²) in [6.45, 7) is 2.08. The highest BCUT2D eigenvalue weighted by Gasteiger charge is 2.02. The average molecular weight is 264 g/mol. The molecule has 2 rings (SSSR count). The maximum absolute atomic E-state index is 4.45. The molecule has 2 aromatic rings. The minimum absolute atomic E-state index is 0.661. The minimum Gasteiger partial charge on any atom is -0.250 e. The first kappa shape index (κ1) is 10.2. The van der Waals surface area contributed by atoms with Gasteiger partial charge in [0.25, 0.3) is 0 Å². The van der Waals surface area contributed by atoms with E-state index < -0.39 is 0 Å². The molecule has 0 bridgehead atoms. The van der Waals surface area contributed by atoms with Crippen LogP contribution in [0.2, 0.25) is 0 Å². The Morgan fingerprint density at radius 2 is 1.93 bits per heavy atom. The van der Waals surface area contributed by atoms with Gasteiger partial charge in [-0.05, 0) is 34.5 Å². The van der Waals surface area contributed by atoms with E-state index in [1.165, 1.54) is 0 Å². The van der Waals surface area contributed by atoms with Crippen LogP contribution in [-0.4, -0.2) is 15.0 Å². The second-order valence-corrected chi connectivity index (χ2v) is 4.01. The number of pyridine rings is 1. The van der Waals surface area contributed by atoms with Gasteiger partial charge in [-0.1, -0.05) is 13.0 Å². The molecule has 0 spiro atoms. The van der Waals surface area contributed by atoms with E-state index in [9.17, 15) is 0 Å². The molecule has 76 valence electrons. The first-order chi connectivity index (χ1) is 7.29. The Morgan fingerprint density at radius 1 is 1.20 bits per heavy atom. The molecule has 0 aliphatic carbocycles. The molecular weight excluding hydrogens is 254 g/mol. The molecule has 3 nitrogen and oxygen atoms in total. The van der Waals surface area contributed by atoms with Gasteiger partial charge in [-0.15, -0.1) is 0 Å². The van der Waals surface area contributed by atoms with Crippen LogP contribution >= 0.6 is 15.9 Å². The standard InChI is InChI=1S/C11H10BrN3/c1-2-9-4-3-5-10(15-9)11-13-6-8(12)7-14-11/h3-7H,2H2,1H3. The summed E-state index contributed by atoms with van der Waals surface area (Å²) in [7, 11) is 0. The third-order valence-corrected chi connectivity index (χ3v) is 2.43. The van der Waals surface area contributed by atoms with Crippen LogP contribution < -0.4 is 0 Å². The Morgan fingerprint density at radius 3 is 2.60 bits per heavy atom. The van der Waals surface area contributed by atoms with Crippen molar-refractivity contribution in [3.63, 3.8) is 0 Å². The van der Waals surface area contributed by atoms with Crippen molar-refractivity contribution < 1.29 is 0 Å². The van der Waals surface area contributed by atoms with Gasteiger partial charge >= 0.3 is 0 Å². The molecule has 0 aliphatic heterocycles. The first-order valence-electron chi connectivity index (χ1n) is 4.73. The van der Waals surface area contributed by atoms with Gasteiger partial charge in [-0.25, -0.2) is 15.0 Å². The second-order valence-electron chi connectivity index (χ2n) is 3.09. The van der Waals surface area contributed by atoms with Gasteiger partial charge in [-0.3, -0.25) is 0 Å². The fraction of sp³-hybridized carbons (Fsp3) is 0.182. The molecule has 0 atom stereocenters. The molecule has 0 unspecified atom stereocenters. The molecule has 4 heteroatoms. The number of hydrogen-bond donors (Lipinski definition) is 0. The Bertz CT molecular complexity index is 454. The van der Waals surface area contributed by atoms with Crippen molar-refractivity contribution in [3.8, 4) is 11.5 Å². The van der Waals surface area contributed by atoms with Crippen LogP contribution in [0.4, 0.5) is 0 Å². The van der Waals surface area contributed by atoms with E-state index in [0.717, 1.165) is 22.3 Å². The maximum Gasteiger partial charge on any atom is 0.178 e. The van der Waals surface area contributed by atoms with Crippen molar-refractivity contribution in [3.05, 3.63) is 40.8 Å². The van der Waals surface area contributed by atoms with Crippen molar-refractivity contribution in [2.45, 2.75) is 13.3 Å². The van der Waals surface area contributed by atoms with Crippen molar-refractivity contribution in [2.24, 2.45) is 0 Å². The van der Waals surface area contributed by atoms with Crippen molar-refractivity contribution in [2.75, 3.05) is 0 Å². The third kappa shape index (κ3) is 2.39. The number of hydrogen-bond acceptors (Lipinski definition) is 3. The molecule has 0 amide bonds. The van der Waals surface area contributed by atoms with Crippen molar-refractivity contribution in [1.29, 1.82) is 0 Å². The summed E-state index contributed by atoms with van der Waals surface area (Å²) in [5, 5.41) is 0. The first-order valence-corrected chi connectivity index (χ1v) is 5.52. The van der Waals surface area contributed by atoms with Crippen molar-refractivity contribution >= 4 is 15.9 Å². The fourth-order valence-electron chi connectivity index (χ4n) is 1.25. The lowest BCUT2D eigenvalue weighted by Crippen LogP contribution is -1.93. The van der Waals surface area contributed by atoms with Crippen LogP contribution in [-0.2, 0) is 6.42 Å². The van der Waals surface area contributed by atoms with Crippen LogP contribution in [0.1, 0.15) is 12.6 Å².